The summed E-state index contributed by atoms with van der Waals surface area (Å²) in [7, 11) is 0. The predicted octanol–water partition coefficient (Wildman–Crippen LogP) is 5.09. The fourth-order valence-corrected chi connectivity index (χ4v) is 3.97. The number of ether oxygens (including phenoxy) is 1. The number of hydrogen-bond acceptors (Lipinski definition) is 4. The van der Waals surface area contributed by atoms with Crippen molar-refractivity contribution in [3.63, 3.8) is 0 Å². The van der Waals surface area contributed by atoms with Gasteiger partial charge in [0.05, 0.1) is 6.61 Å². The van der Waals surface area contributed by atoms with Gasteiger partial charge in [-0.25, -0.2) is 0 Å². The van der Waals surface area contributed by atoms with Crippen molar-refractivity contribution in [3.05, 3.63) is 89.7 Å². The summed E-state index contributed by atoms with van der Waals surface area (Å²) in [5.74, 6) is 1.37. The molecule has 34 heavy (non-hydrogen) atoms. The van der Waals surface area contributed by atoms with Crippen molar-refractivity contribution in [2.24, 2.45) is 5.92 Å². The van der Waals surface area contributed by atoms with Gasteiger partial charge in [0.2, 0.25) is 5.91 Å². The number of nitrogens with zero attached hydrogens (tertiary/aromatic N) is 3. The third kappa shape index (κ3) is 6.01. The second kappa shape index (κ2) is 11.0. The second-order valence-corrected chi connectivity index (χ2v) is 9.06. The fraction of sp³-hybridized carbons (Fsp3) is 0.321. The molecule has 3 aromatic rings. The van der Waals surface area contributed by atoms with Crippen LogP contribution in [0.1, 0.15) is 48.2 Å². The van der Waals surface area contributed by atoms with Gasteiger partial charge < -0.3 is 14.5 Å². The number of rotatable bonds is 9. The smallest absolute Gasteiger partial charge is 0.254 e. The van der Waals surface area contributed by atoms with Crippen molar-refractivity contribution in [2.75, 3.05) is 18.1 Å². The molecule has 2 aromatic carbocycles. The van der Waals surface area contributed by atoms with Crippen LogP contribution in [-0.2, 0) is 17.9 Å². The summed E-state index contributed by atoms with van der Waals surface area (Å²) >= 11 is 0. The van der Waals surface area contributed by atoms with E-state index < -0.39 is 0 Å². The first-order chi connectivity index (χ1) is 16.5. The van der Waals surface area contributed by atoms with Crippen LogP contribution < -0.4 is 9.64 Å². The minimum atomic E-state index is -0.0590. The summed E-state index contributed by atoms with van der Waals surface area (Å²) in [6, 6.07) is 19.1. The van der Waals surface area contributed by atoms with Gasteiger partial charge >= 0.3 is 0 Å². The van der Waals surface area contributed by atoms with E-state index in [0.29, 0.717) is 37.6 Å². The molecule has 0 saturated carbocycles. The molecule has 1 fully saturated rings. The molecule has 6 heteroatoms. The molecule has 0 atom stereocenters. The average Bonchev–Trinajstić information content (AvgIpc) is 3.29. The lowest BCUT2D eigenvalue weighted by Crippen LogP contribution is -2.30. The van der Waals surface area contributed by atoms with Crippen LogP contribution >= 0.6 is 0 Å². The Labute approximate surface area is 201 Å². The summed E-state index contributed by atoms with van der Waals surface area (Å²) in [5.41, 5.74) is 3.48. The molecule has 1 aliphatic heterocycles. The molecule has 2 amide bonds. The highest BCUT2D eigenvalue weighted by molar-refractivity contribution is 5.97. The van der Waals surface area contributed by atoms with Gasteiger partial charge in [0.1, 0.15) is 5.75 Å². The van der Waals surface area contributed by atoms with Crippen LogP contribution in [0.25, 0.3) is 0 Å². The number of amides is 2. The van der Waals surface area contributed by atoms with Crippen molar-refractivity contribution < 1.29 is 14.3 Å². The van der Waals surface area contributed by atoms with E-state index >= 15 is 0 Å². The maximum absolute atomic E-state index is 13.5. The topological polar surface area (TPSA) is 62.7 Å². The van der Waals surface area contributed by atoms with Crippen molar-refractivity contribution in [3.8, 4) is 5.75 Å². The molecule has 0 aliphatic carbocycles. The van der Waals surface area contributed by atoms with Crippen LogP contribution in [0.2, 0.25) is 0 Å². The van der Waals surface area contributed by atoms with Crippen LogP contribution in [0.3, 0.4) is 0 Å². The Hall–Kier alpha value is -3.67. The van der Waals surface area contributed by atoms with Crippen molar-refractivity contribution in [1.82, 2.24) is 9.88 Å². The summed E-state index contributed by atoms with van der Waals surface area (Å²) < 4.78 is 5.79. The van der Waals surface area contributed by atoms with Crippen molar-refractivity contribution >= 4 is 17.5 Å². The summed E-state index contributed by atoms with van der Waals surface area (Å²) in [6.45, 7) is 6.58. The molecule has 0 spiro atoms. The zero-order chi connectivity index (χ0) is 23.9. The van der Waals surface area contributed by atoms with Crippen LogP contribution in [0, 0.1) is 5.92 Å². The zero-order valence-corrected chi connectivity index (χ0v) is 19.8. The number of carbonyl (C=O) groups is 2. The third-order valence-electron chi connectivity index (χ3n) is 5.79. The number of carbonyl (C=O) groups excluding carboxylic acids is 2. The molecule has 1 saturated heterocycles. The third-order valence-corrected chi connectivity index (χ3v) is 5.79. The molecule has 6 nitrogen and oxygen atoms in total. The largest absolute Gasteiger partial charge is 0.493 e. The van der Waals surface area contributed by atoms with Crippen LogP contribution in [-0.4, -0.2) is 34.8 Å². The maximum atomic E-state index is 13.5. The Bertz CT molecular complexity index is 1100. The lowest BCUT2D eigenvalue weighted by molar-refractivity contribution is -0.117. The normalized spacial score (nSPS) is 13.4. The van der Waals surface area contributed by atoms with Crippen molar-refractivity contribution in [1.29, 1.82) is 0 Å². The van der Waals surface area contributed by atoms with E-state index in [9.17, 15) is 9.59 Å². The summed E-state index contributed by atoms with van der Waals surface area (Å²) in [4.78, 5) is 33.2. The van der Waals surface area contributed by atoms with Gasteiger partial charge in [0.25, 0.3) is 5.91 Å². The van der Waals surface area contributed by atoms with Gasteiger partial charge in [0.15, 0.2) is 0 Å². The minimum absolute atomic E-state index is 0.0590. The van der Waals surface area contributed by atoms with E-state index in [4.69, 9.17) is 4.74 Å². The quantitative estimate of drug-likeness (QED) is 0.449. The lowest BCUT2D eigenvalue weighted by Gasteiger charge is -2.24. The lowest BCUT2D eigenvalue weighted by atomic mass is 10.1. The molecule has 0 N–H and O–H groups in total. The highest BCUT2D eigenvalue weighted by Crippen LogP contribution is 2.23. The molecule has 4 rings (SSSR count). The maximum Gasteiger partial charge on any atom is 0.254 e. The molecule has 0 unspecified atom stereocenters. The van der Waals surface area contributed by atoms with Crippen LogP contribution in [0.4, 0.5) is 5.69 Å². The molecule has 0 radical (unpaired) electrons. The molecular weight excluding hydrogens is 426 g/mol. The number of aromatic nitrogens is 1. The SMILES string of the molecule is CC(C)COc1ccc(CN(Cc2ccncc2)C(=O)c2ccc(N3CCCC3=O)cc2)cc1. The highest BCUT2D eigenvalue weighted by Gasteiger charge is 2.22. The van der Waals surface area contributed by atoms with E-state index in [1.165, 1.54) is 0 Å². The van der Waals surface area contributed by atoms with Crippen LogP contribution in [0.15, 0.2) is 73.1 Å². The Morgan fingerprint density at radius 3 is 2.21 bits per heavy atom. The van der Waals surface area contributed by atoms with Gasteiger partial charge in [-0.2, -0.15) is 0 Å². The number of benzene rings is 2. The van der Waals surface area contributed by atoms with Crippen LogP contribution in [0.5, 0.6) is 5.75 Å². The van der Waals surface area contributed by atoms with E-state index in [0.717, 1.165) is 35.5 Å². The Kier molecular flexibility index (Phi) is 7.58. The number of pyridine rings is 1. The Balaban J connectivity index is 1.51. The first kappa shape index (κ1) is 23.5. The molecule has 1 aliphatic rings. The van der Waals surface area contributed by atoms with Gasteiger partial charge in [-0.05, 0) is 72.0 Å². The highest BCUT2D eigenvalue weighted by atomic mass is 16.5. The first-order valence-electron chi connectivity index (χ1n) is 11.8. The standard InChI is InChI=1S/C28H31N3O3/c1-21(2)20-34-26-11-5-22(6-12-26)18-30(19-23-13-15-29-16-14-23)28(33)24-7-9-25(10-8-24)31-17-3-4-27(31)32/h5-16,21H,3-4,17-20H2,1-2H3. The van der Waals surface area contributed by atoms with Gasteiger partial charge in [-0.3, -0.25) is 14.6 Å². The Morgan fingerprint density at radius 2 is 1.62 bits per heavy atom. The number of anilines is 1. The van der Waals surface area contributed by atoms with Gasteiger partial charge in [0, 0.05) is 49.7 Å². The monoisotopic (exact) mass is 457 g/mol. The molecule has 1 aromatic heterocycles. The number of hydrogen-bond donors (Lipinski definition) is 0. The van der Waals surface area contributed by atoms with Gasteiger partial charge in [-0.1, -0.05) is 26.0 Å². The molecule has 0 bridgehead atoms. The second-order valence-electron chi connectivity index (χ2n) is 9.06. The van der Waals surface area contributed by atoms with E-state index in [-0.39, 0.29) is 11.8 Å². The fourth-order valence-electron chi connectivity index (χ4n) is 3.97. The Morgan fingerprint density at radius 1 is 0.971 bits per heavy atom. The van der Waals surface area contributed by atoms with Gasteiger partial charge in [-0.15, -0.1) is 0 Å². The average molecular weight is 458 g/mol. The molecular formula is C28H31N3O3. The molecule has 176 valence electrons. The van der Waals surface area contributed by atoms with E-state index in [2.05, 4.69) is 18.8 Å². The van der Waals surface area contributed by atoms with Crippen molar-refractivity contribution in [2.45, 2.75) is 39.8 Å². The summed E-state index contributed by atoms with van der Waals surface area (Å²) in [6.07, 6.45) is 4.93. The minimum Gasteiger partial charge on any atom is -0.493 e. The zero-order valence-electron chi connectivity index (χ0n) is 19.8. The predicted molar refractivity (Wildman–Crippen MR) is 133 cm³/mol. The molecule has 2 heterocycles. The van der Waals surface area contributed by atoms with E-state index in [1.807, 2.05) is 65.6 Å². The summed E-state index contributed by atoms with van der Waals surface area (Å²) in [5, 5.41) is 0. The van der Waals surface area contributed by atoms with E-state index in [1.54, 1.807) is 17.3 Å². The first-order valence-corrected chi connectivity index (χ1v) is 11.8.